The van der Waals surface area contributed by atoms with Crippen molar-refractivity contribution in [3.63, 3.8) is 0 Å². The van der Waals surface area contributed by atoms with Gasteiger partial charge in [-0.3, -0.25) is 0 Å². The van der Waals surface area contributed by atoms with Gasteiger partial charge in [-0.05, 0) is 52.2 Å². The lowest BCUT2D eigenvalue weighted by molar-refractivity contribution is 0.261. The second-order valence-corrected chi connectivity index (χ2v) is 8.65. The van der Waals surface area contributed by atoms with Crippen LogP contribution >= 0.6 is 23.5 Å². The summed E-state index contributed by atoms with van der Waals surface area (Å²) in [7, 11) is 0. The largest absolute Gasteiger partial charge is 0.382 e. The highest BCUT2D eigenvalue weighted by atomic mass is 32.2. The Hall–Kier alpha value is -1.94. The van der Waals surface area contributed by atoms with Crippen LogP contribution in [0.4, 0.5) is 0 Å². The quantitative estimate of drug-likeness (QED) is 0.303. The summed E-state index contributed by atoms with van der Waals surface area (Å²) in [5.41, 5.74) is -0.385. The van der Waals surface area contributed by atoms with Crippen molar-refractivity contribution >= 4 is 45.1 Å². The Morgan fingerprint density at radius 3 is 1.85 bits per heavy atom. The van der Waals surface area contributed by atoms with E-state index in [1.165, 1.54) is 38.2 Å². The summed E-state index contributed by atoms with van der Waals surface area (Å²) in [4.78, 5) is 2.37. The van der Waals surface area contributed by atoms with Gasteiger partial charge >= 0.3 is 0 Å². The van der Waals surface area contributed by atoms with Crippen LogP contribution in [0.3, 0.4) is 0 Å². The number of aliphatic hydroxyl groups is 1. The van der Waals surface area contributed by atoms with Gasteiger partial charge in [0, 0.05) is 15.5 Å². The van der Waals surface area contributed by atoms with Crippen molar-refractivity contribution in [2.45, 2.75) is 21.6 Å². The molecule has 0 heterocycles. The monoisotopic (exact) mass is 376 g/mol. The first-order valence-electron chi connectivity index (χ1n) is 8.73. The number of thioether (sulfide) groups is 2. The minimum atomic E-state index is -0.385. The number of benzene rings is 4. The molecule has 4 aromatic carbocycles. The number of aliphatic hydroxyl groups excluding tert-OH is 1. The first-order valence-corrected chi connectivity index (χ1v) is 10.6. The third-order valence-electron chi connectivity index (χ3n) is 4.35. The molecule has 26 heavy (non-hydrogen) atoms. The Bertz CT molecular complexity index is 1030. The molecular weight excluding hydrogens is 356 g/mol. The van der Waals surface area contributed by atoms with Gasteiger partial charge in [-0.2, -0.15) is 0 Å². The van der Waals surface area contributed by atoms with Crippen molar-refractivity contribution in [3.8, 4) is 0 Å². The summed E-state index contributed by atoms with van der Waals surface area (Å²) in [5.74, 6) is 0.903. The van der Waals surface area contributed by atoms with E-state index >= 15 is 0 Å². The molecule has 3 heteroatoms. The van der Waals surface area contributed by atoms with Crippen LogP contribution in [0.15, 0.2) is 94.7 Å². The third kappa shape index (κ3) is 4.24. The van der Waals surface area contributed by atoms with Crippen LogP contribution in [0.2, 0.25) is 0 Å². The molecular formula is C23H20OS2. The van der Waals surface area contributed by atoms with Crippen LogP contribution in [-0.4, -0.2) is 16.3 Å². The van der Waals surface area contributed by atoms with E-state index in [-0.39, 0.29) is 5.44 Å². The molecule has 4 aromatic rings. The second kappa shape index (κ2) is 8.17. The number of hydrogen-bond acceptors (Lipinski definition) is 3. The van der Waals surface area contributed by atoms with Gasteiger partial charge in [0.15, 0.2) is 0 Å². The van der Waals surface area contributed by atoms with Gasteiger partial charge in [0.25, 0.3) is 0 Å². The minimum absolute atomic E-state index is 0.385. The zero-order valence-corrected chi connectivity index (χ0v) is 16.0. The Balaban J connectivity index is 1.33. The van der Waals surface area contributed by atoms with Gasteiger partial charge in [0.05, 0.1) is 0 Å². The topological polar surface area (TPSA) is 20.2 Å². The average Bonchev–Trinajstić information content (AvgIpc) is 2.68. The molecule has 0 bridgehead atoms. The summed E-state index contributed by atoms with van der Waals surface area (Å²) in [6.07, 6.45) is 0.759. The highest BCUT2D eigenvalue weighted by Gasteiger charge is 2.08. The molecule has 0 aromatic heterocycles. The van der Waals surface area contributed by atoms with Crippen LogP contribution in [0, 0.1) is 0 Å². The van der Waals surface area contributed by atoms with Crippen molar-refractivity contribution in [1.29, 1.82) is 0 Å². The van der Waals surface area contributed by atoms with Crippen LogP contribution in [-0.2, 0) is 0 Å². The lowest BCUT2D eigenvalue weighted by Gasteiger charge is -2.11. The molecule has 130 valence electrons. The van der Waals surface area contributed by atoms with Gasteiger partial charge in [-0.1, -0.05) is 72.4 Å². The SMILES string of the molecule is OC(CCSc1ccc2ccccc2c1)Sc1ccc2ccccc2c1. The maximum Gasteiger partial charge on any atom is 0.105 e. The summed E-state index contributed by atoms with van der Waals surface area (Å²) >= 11 is 3.34. The van der Waals surface area contributed by atoms with E-state index in [0.29, 0.717) is 0 Å². The molecule has 1 N–H and O–H groups in total. The number of hydrogen-bond donors (Lipinski definition) is 1. The molecule has 0 spiro atoms. The molecule has 0 aliphatic carbocycles. The standard InChI is InChI=1S/C23H20OS2/c24-23(26-22-12-10-18-6-2-4-8-20(18)16-22)13-14-25-21-11-9-17-5-1-3-7-19(17)15-21/h1-12,15-16,23-24H,13-14H2. The van der Waals surface area contributed by atoms with E-state index in [2.05, 4.69) is 72.8 Å². The highest BCUT2D eigenvalue weighted by molar-refractivity contribution is 8.00. The highest BCUT2D eigenvalue weighted by Crippen LogP contribution is 2.30. The van der Waals surface area contributed by atoms with Crippen molar-refractivity contribution in [1.82, 2.24) is 0 Å². The summed E-state index contributed by atoms with van der Waals surface area (Å²) in [5, 5.41) is 15.4. The Kier molecular flexibility index (Phi) is 5.49. The predicted octanol–water partition coefficient (Wildman–Crippen LogP) is 6.59. The first kappa shape index (κ1) is 17.5. The van der Waals surface area contributed by atoms with E-state index in [1.807, 2.05) is 12.1 Å². The van der Waals surface area contributed by atoms with Crippen LogP contribution in [0.5, 0.6) is 0 Å². The average molecular weight is 377 g/mol. The molecule has 1 atom stereocenters. The number of fused-ring (bicyclic) bond motifs is 2. The lowest BCUT2D eigenvalue weighted by Crippen LogP contribution is -2.01. The molecule has 0 saturated heterocycles. The Labute approximate surface area is 162 Å². The van der Waals surface area contributed by atoms with E-state index in [4.69, 9.17) is 0 Å². The van der Waals surface area contributed by atoms with Crippen molar-refractivity contribution in [3.05, 3.63) is 84.9 Å². The van der Waals surface area contributed by atoms with Gasteiger partial charge in [-0.15, -0.1) is 11.8 Å². The van der Waals surface area contributed by atoms with E-state index in [9.17, 15) is 5.11 Å². The van der Waals surface area contributed by atoms with E-state index < -0.39 is 0 Å². The first-order chi connectivity index (χ1) is 12.8. The second-order valence-electron chi connectivity index (χ2n) is 6.23. The fraction of sp³-hybridized carbons (Fsp3) is 0.130. The van der Waals surface area contributed by atoms with Crippen LogP contribution < -0.4 is 0 Å². The smallest absolute Gasteiger partial charge is 0.105 e. The molecule has 4 rings (SSSR count). The van der Waals surface area contributed by atoms with Crippen molar-refractivity contribution in [2.75, 3.05) is 5.75 Å². The summed E-state index contributed by atoms with van der Waals surface area (Å²) < 4.78 is 0. The van der Waals surface area contributed by atoms with Crippen molar-refractivity contribution in [2.24, 2.45) is 0 Å². The molecule has 1 nitrogen and oxygen atoms in total. The van der Waals surface area contributed by atoms with E-state index in [0.717, 1.165) is 17.1 Å². The van der Waals surface area contributed by atoms with E-state index in [1.54, 1.807) is 11.8 Å². The normalized spacial score (nSPS) is 12.5. The van der Waals surface area contributed by atoms with Crippen LogP contribution in [0.1, 0.15) is 6.42 Å². The van der Waals surface area contributed by atoms with Crippen molar-refractivity contribution < 1.29 is 5.11 Å². The summed E-state index contributed by atoms with van der Waals surface area (Å²) in [6.45, 7) is 0. The van der Waals surface area contributed by atoms with Gasteiger partial charge in [0.1, 0.15) is 5.44 Å². The summed E-state index contributed by atoms with van der Waals surface area (Å²) in [6, 6.07) is 29.6. The molecule has 0 radical (unpaired) electrons. The third-order valence-corrected chi connectivity index (χ3v) is 6.41. The molecule has 1 unspecified atom stereocenters. The minimum Gasteiger partial charge on any atom is -0.382 e. The van der Waals surface area contributed by atoms with Crippen LogP contribution in [0.25, 0.3) is 21.5 Å². The fourth-order valence-electron chi connectivity index (χ4n) is 2.99. The fourth-order valence-corrected chi connectivity index (χ4v) is 4.98. The van der Waals surface area contributed by atoms with Gasteiger partial charge in [-0.25, -0.2) is 0 Å². The maximum atomic E-state index is 10.4. The molecule has 0 fully saturated rings. The Morgan fingerprint density at radius 2 is 1.19 bits per heavy atom. The predicted molar refractivity (Wildman–Crippen MR) is 115 cm³/mol. The van der Waals surface area contributed by atoms with Gasteiger partial charge in [0.2, 0.25) is 0 Å². The Morgan fingerprint density at radius 1 is 0.654 bits per heavy atom. The number of rotatable bonds is 6. The molecule has 0 amide bonds. The lowest BCUT2D eigenvalue weighted by atomic mass is 10.1. The molecule has 0 aliphatic heterocycles. The zero-order valence-electron chi connectivity index (χ0n) is 14.3. The molecule has 0 aliphatic rings. The van der Waals surface area contributed by atoms with Gasteiger partial charge < -0.3 is 5.11 Å². The zero-order chi connectivity index (χ0) is 17.8. The molecule has 0 saturated carbocycles. The maximum absolute atomic E-state index is 10.4.